The number of ether oxygens (including phenoxy) is 1. The molecule has 0 aliphatic carbocycles. The molecular formula is C17H17FN2O3. The van der Waals surface area contributed by atoms with Gasteiger partial charge in [-0.1, -0.05) is 24.3 Å². The molecule has 0 spiro atoms. The molecule has 0 aromatic heterocycles. The van der Waals surface area contributed by atoms with Gasteiger partial charge in [0.1, 0.15) is 5.82 Å². The number of nitrogens with zero attached hydrogens (tertiary/aromatic N) is 2. The SMILES string of the molecule is O=[N+]([O-])c1ccc(CN2CCOC(c3ccc(F)cc3)C2)cc1. The van der Waals surface area contributed by atoms with E-state index in [9.17, 15) is 14.5 Å². The molecule has 120 valence electrons. The summed E-state index contributed by atoms with van der Waals surface area (Å²) in [6.07, 6.45) is -0.0811. The van der Waals surface area contributed by atoms with Crippen LogP contribution < -0.4 is 0 Å². The first-order valence-corrected chi connectivity index (χ1v) is 7.44. The lowest BCUT2D eigenvalue weighted by molar-refractivity contribution is -0.384. The van der Waals surface area contributed by atoms with Crippen molar-refractivity contribution in [2.75, 3.05) is 19.7 Å². The highest BCUT2D eigenvalue weighted by atomic mass is 19.1. The molecular weight excluding hydrogens is 299 g/mol. The molecule has 0 saturated carbocycles. The number of benzene rings is 2. The minimum absolute atomic E-state index is 0.0811. The van der Waals surface area contributed by atoms with Crippen LogP contribution in [0.5, 0.6) is 0 Å². The van der Waals surface area contributed by atoms with Gasteiger partial charge in [-0.2, -0.15) is 0 Å². The summed E-state index contributed by atoms with van der Waals surface area (Å²) in [5, 5.41) is 10.7. The number of morpholine rings is 1. The predicted molar refractivity (Wildman–Crippen MR) is 83.5 cm³/mol. The van der Waals surface area contributed by atoms with Gasteiger partial charge < -0.3 is 4.74 Å². The fraction of sp³-hybridized carbons (Fsp3) is 0.294. The van der Waals surface area contributed by atoms with E-state index in [1.54, 1.807) is 24.3 Å². The predicted octanol–water partition coefficient (Wildman–Crippen LogP) is 3.31. The standard InChI is InChI=1S/C17H17FN2O3/c18-15-5-3-14(4-6-15)17-12-19(9-10-23-17)11-13-1-7-16(8-2-13)20(21)22/h1-8,17H,9-12H2. The monoisotopic (exact) mass is 316 g/mol. The highest BCUT2D eigenvalue weighted by molar-refractivity contribution is 5.32. The van der Waals surface area contributed by atoms with E-state index in [1.165, 1.54) is 24.3 Å². The summed E-state index contributed by atoms with van der Waals surface area (Å²) in [6.45, 7) is 2.82. The number of hydrogen-bond donors (Lipinski definition) is 0. The van der Waals surface area contributed by atoms with Crippen molar-refractivity contribution in [3.05, 3.63) is 75.6 Å². The Labute approximate surface area is 133 Å². The number of nitro benzene ring substituents is 1. The quantitative estimate of drug-likeness (QED) is 0.641. The summed E-state index contributed by atoms with van der Waals surface area (Å²) >= 11 is 0. The third kappa shape index (κ3) is 3.91. The zero-order chi connectivity index (χ0) is 16.2. The molecule has 1 atom stereocenters. The van der Waals surface area contributed by atoms with E-state index in [0.29, 0.717) is 19.7 Å². The summed E-state index contributed by atoms with van der Waals surface area (Å²) in [4.78, 5) is 12.5. The molecule has 1 heterocycles. The Morgan fingerprint density at radius 2 is 1.87 bits per heavy atom. The van der Waals surface area contributed by atoms with Gasteiger partial charge in [0.05, 0.1) is 17.6 Å². The molecule has 23 heavy (non-hydrogen) atoms. The van der Waals surface area contributed by atoms with Crippen LogP contribution in [0.3, 0.4) is 0 Å². The van der Waals surface area contributed by atoms with E-state index in [2.05, 4.69) is 4.90 Å². The zero-order valence-electron chi connectivity index (χ0n) is 12.5. The second kappa shape index (κ2) is 6.85. The van der Waals surface area contributed by atoms with Crippen LogP contribution in [0.1, 0.15) is 17.2 Å². The third-order valence-electron chi connectivity index (χ3n) is 3.95. The molecule has 0 radical (unpaired) electrons. The van der Waals surface area contributed by atoms with Crippen LogP contribution >= 0.6 is 0 Å². The topological polar surface area (TPSA) is 55.6 Å². The molecule has 0 amide bonds. The first kappa shape index (κ1) is 15.6. The molecule has 1 saturated heterocycles. The van der Waals surface area contributed by atoms with Gasteiger partial charge in [-0.25, -0.2) is 4.39 Å². The second-order valence-corrected chi connectivity index (χ2v) is 5.57. The normalized spacial score (nSPS) is 18.7. The van der Waals surface area contributed by atoms with Crippen LogP contribution in [-0.2, 0) is 11.3 Å². The third-order valence-corrected chi connectivity index (χ3v) is 3.95. The van der Waals surface area contributed by atoms with Crippen LogP contribution in [0.15, 0.2) is 48.5 Å². The smallest absolute Gasteiger partial charge is 0.269 e. The molecule has 0 bridgehead atoms. The van der Waals surface area contributed by atoms with E-state index < -0.39 is 4.92 Å². The maximum absolute atomic E-state index is 13.0. The Hall–Kier alpha value is -2.31. The molecule has 6 heteroatoms. The Morgan fingerprint density at radius 3 is 2.52 bits per heavy atom. The molecule has 2 aromatic rings. The van der Waals surface area contributed by atoms with Gasteiger partial charge in [0.2, 0.25) is 0 Å². The Balaban J connectivity index is 1.64. The van der Waals surface area contributed by atoms with Crippen molar-refractivity contribution in [2.24, 2.45) is 0 Å². The number of non-ortho nitro benzene ring substituents is 1. The van der Waals surface area contributed by atoms with Gasteiger partial charge in [-0.3, -0.25) is 15.0 Å². The maximum Gasteiger partial charge on any atom is 0.269 e. The Bertz CT molecular complexity index is 673. The van der Waals surface area contributed by atoms with Crippen LogP contribution in [-0.4, -0.2) is 29.5 Å². The number of halogens is 1. The van der Waals surface area contributed by atoms with Crippen molar-refractivity contribution in [3.8, 4) is 0 Å². The molecule has 5 nitrogen and oxygen atoms in total. The maximum atomic E-state index is 13.0. The number of rotatable bonds is 4. The minimum Gasteiger partial charge on any atom is -0.371 e. The van der Waals surface area contributed by atoms with Crippen molar-refractivity contribution in [3.63, 3.8) is 0 Å². The fourth-order valence-corrected chi connectivity index (χ4v) is 2.71. The lowest BCUT2D eigenvalue weighted by Gasteiger charge is -2.33. The Morgan fingerprint density at radius 1 is 1.17 bits per heavy atom. The van der Waals surface area contributed by atoms with Gasteiger partial charge in [-0.15, -0.1) is 0 Å². The summed E-state index contributed by atoms with van der Waals surface area (Å²) in [5.74, 6) is -0.257. The lowest BCUT2D eigenvalue weighted by Crippen LogP contribution is -2.37. The molecule has 0 N–H and O–H groups in total. The summed E-state index contributed by atoms with van der Waals surface area (Å²) in [6, 6.07) is 13.0. The van der Waals surface area contributed by atoms with Gasteiger partial charge in [0.15, 0.2) is 0 Å². The minimum atomic E-state index is -0.400. The van der Waals surface area contributed by atoms with Crippen molar-refractivity contribution < 1.29 is 14.1 Å². The van der Waals surface area contributed by atoms with Crippen LogP contribution in [0.25, 0.3) is 0 Å². The first-order chi connectivity index (χ1) is 11.1. The highest BCUT2D eigenvalue weighted by Crippen LogP contribution is 2.24. The molecule has 1 aliphatic rings. The number of nitro groups is 1. The lowest BCUT2D eigenvalue weighted by atomic mass is 10.1. The van der Waals surface area contributed by atoms with E-state index in [4.69, 9.17) is 4.74 Å². The van der Waals surface area contributed by atoms with Crippen molar-refractivity contribution in [1.29, 1.82) is 0 Å². The first-order valence-electron chi connectivity index (χ1n) is 7.44. The Kier molecular flexibility index (Phi) is 4.64. The average molecular weight is 316 g/mol. The molecule has 3 rings (SSSR count). The summed E-state index contributed by atoms with van der Waals surface area (Å²) in [5.41, 5.74) is 2.08. The molecule has 1 aliphatic heterocycles. The summed E-state index contributed by atoms with van der Waals surface area (Å²) < 4.78 is 18.8. The highest BCUT2D eigenvalue weighted by Gasteiger charge is 2.22. The van der Waals surface area contributed by atoms with Crippen molar-refractivity contribution >= 4 is 5.69 Å². The van der Waals surface area contributed by atoms with Gasteiger partial charge >= 0.3 is 0 Å². The van der Waals surface area contributed by atoms with E-state index in [0.717, 1.165) is 17.7 Å². The van der Waals surface area contributed by atoms with Crippen LogP contribution in [0.2, 0.25) is 0 Å². The fourth-order valence-electron chi connectivity index (χ4n) is 2.71. The second-order valence-electron chi connectivity index (χ2n) is 5.57. The molecule has 1 fully saturated rings. The largest absolute Gasteiger partial charge is 0.371 e. The summed E-state index contributed by atoms with van der Waals surface area (Å²) in [7, 11) is 0. The van der Waals surface area contributed by atoms with Gasteiger partial charge in [0.25, 0.3) is 5.69 Å². The number of hydrogen-bond acceptors (Lipinski definition) is 4. The van der Waals surface area contributed by atoms with Gasteiger partial charge in [-0.05, 0) is 23.3 Å². The van der Waals surface area contributed by atoms with E-state index in [-0.39, 0.29) is 17.6 Å². The van der Waals surface area contributed by atoms with E-state index in [1.807, 2.05) is 0 Å². The zero-order valence-corrected chi connectivity index (χ0v) is 12.5. The van der Waals surface area contributed by atoms with Crippen molar-refractivity contribution in [2.45, 2.75) is 12.6 Å². The molecule has 2 aromatic carbocycles. The van der Waals surface area contributed by atoms with Crippen LogP contribution in [0.4, 0.5) is 10.1 Å². The molecule has 1 unspecified atom stereocenters. The van der Waals surface area contributed by atoms with Crippen molar-refractivity contribution in [1.82, 2.24) is 4.90 Å². The van der Waals surface area contributed by atoms with Gasteiger partial charge in [0, 0.05) is 31.8 Å². The average Bonchev–Trinajstić information content (AvgIpc) is 2.56. The van der Waals surface area contributed by atoms with E-state index >= 15 is 0 Å². The van der Waals surface area contributed by atoms with Crippen LogP contribution in [0, 0.1) is 15.9 Å².